The third-order valence-corrected chi connectivity index (χ3v) is 8.15. The Balaban J connectivity index is 1.27. The van der Waals surface area contributed by atoms with Crippen LogP contribution in [0.5, 0.6) is 11.5 Å². The van der Waals surface area contributed by atoms with Gasteiger partial charge in [-0.25, -0.2) is 0 Å². The number of benzene rings is 2. The van der Waals surface area contributed by atoms with Gasteiger partial charge in [0.1, 0.15) is 34.9 Å². The lowest BCUT2D eigenvalue weighted by Crippen LogP contribution is -2.51. The van der Waals surface area contributed by atoms with E-state index in [0.29, 0.717) is 71.1 Å². The molecule has 2 aliphatic rings. The molecule has 10 nitrogen and oxygen atoms in total. The summed E-state index contributed by atoms with van der Waals surface area (Å²) in [5.41, 5.74) is 4.16. The summed E-state index contributed by atoms with van der Waals surface area (Å²) in [5.74, 6) is 1.11. The molecule has 3 N–H and O–H groups in total. The number of ether oxygens (including phenoxy) is 3. The number of methoxy groups -OCH3 is 1. The zero-order valence-corrected chi connectivity index (χ0v) is 23.8. The van der Waals surface area contributed by atoms with Crippen molar-refractivity contribution < 1.29 is 33.6 Å². The van der Waals surface area contributed by atoms with Crippen molar-refractivity contribution in [3.05, 3.63) is 65.9 Å². The van der Waals surface area contributed by atoms with Gasteiger partial charge in [-0.1, -0.05) is 6.07 Å². The SMILES string of the molecule is COc1cc(C(=O)NC2CCC[C@@H](O)[C@H]2O)ccc1-c1cc2nccc(-c3ccc(OC4CCOCC4)c(C#N)c3)c2o1. The average Bonchev–Trinajstić information content (AvgIpc) is 3.48. The number of carbonyl (C=O) groups is 1. The van der Waals surface area contributed by atoms with Crippen LogP contribution in [0.15, 0.2) is 59.1 Å². The molecule has 0 bridgehead atoms. The van der Waals surface area contributed by atoms with Gasteiger partial charge in [0.15, 0.2) is 5.58 Å². The minimum Gasteiger partial charge on any atom is -0.496 e. The zero-order chi connectivity index (χ0) is 29.9. The second-order valence-corrected chi connectivity index (χ2v) is 10.9. The second kappa shape index (κ2) is 12.4. The molecule has 222 valence electrons. The molecule has 1 aliphatic carbocycles. The van der Waals surface area contributed by atoms with Gasteiger partial charge in [-0.15, -0.1) is 0 Å². The number of furan rings is 1. The predicted octanol–water partition coefficient (Wildman–Crippen LogP) is 4.60. The molecular weight excluding hydrogens is 550 g/mol. The van der Waals surface area contributed by atoms with Crippen LogP contribution in [0.2, 0.25) is 0 Å². The van der Waals surface area contributed by atoms with Crippen LogP contribution >= 0.6 is 0 Å². The first-order valence-corrected chi connectivity index (χ1v) is 14.5. The molecule has 1 saturated heterocycles. The lowest BCUT2D eigenvalue weighted by molar-refractivity contribution is -0.0278. The van der Waals surface area contributed by atoms with Gasteiger partial charge in [-0.05, 0) is 61.2 Å². The topological polar surface area (TPSA) is 147 Å². The number of pyridine rings is 1. The number of fused-ring (bicyclic) bond motifs is 1. The highest BCUT2D eigenvalue weighted by atomic mass is 16.5. The first-order valence-electron chi connectivity index (χ1n) is 14.5. The summed E-state index contributed by atoms with van der Waals surface area (Å²) in [7, 11) is 1.52. The number of nitrogens with one attached hydrogen (secondary N) is 1. The molecule has 4 aromatic rings. The maximum Gasteiger partial charge on any atom is 0.251 e. The maximum atomic E-state index is 13.0. The van der Waals surface area contributed by atoms with Gasteiger partial charge in [0.25, 0.3) is 5.91 Å². The van der Waals surface area contributed by atoms with E-state index in [1.807, 2.05) is 24.3 Å². The van der Waals surface area contributed by atoms with E-state index >= 15 is 0 Å². The van der Waals surface area contributed by atoms with E-state index in [2.05, 4.69) is 16.4 Å². The molecule has 1 saturated carbocycles. The van der Waals surface area contributed by atoms with Crippen LogP contribution < -0.4 is 14.8 Å². The highest BCUT2D eigenvalue weighted by Gasteiger charge is 2.32. The summed E-state index contributed by atoms with van der Waals surface area (Å²) < 4.78 is 23.5. The molecule has 1 amide bonds. The number of aliphatic hydroxyl groups is 2. The molecule has 1 unspecified atom stereocenters. The van der Waals surface area contributed by atoms with Crippen molar-refractivity contribution in [3.63, 3.8) is 0 Å². The van der Waals surface area contributed by atoms with Crippen LogP contribution in [0.25, 0.3) is 33.6 Å². The van der Waals surface area contributed by atoms with Crippen molar-refractivity contribution in [3.8, 4) is 40.0 Å². The van der Waals surface area contributed by atoms with E-state index in [-0.39, 0.29) is 12.0 Å². The van der Waals surface area contributed by atoms with Crippen molar-refractivity contribution in [1.29, 1.82) is 5.26 Å². The summed E-state index contributed by atoms with van der Waals surface area (Å²) in [6.45, 7) is 1.30. The molecule has 2 aromatic heterocycles. The number of amides is 1. The van der Waals surface area contributed by atoms with Crippen LogP contribution in [0.4, 0.5) is 0 Å². The van der Waals surface area contributed by atoms with E-state index in [1.54, 1.807) is 30.5 Å². The quantitative estimate of drug-likeness (QED) is 0.284. The number of hydrogen-bond acceptors (Lipinski definition) is 9. The van der Waals surface area contributed by atoms with Gasteiger partial charge in [-0.2, -0.15) is 5.26 Å². The van der Waals surface area contributed by atoms with Crippen LogP contribution in [-0.2, 0) is 4.74 Å². The van der Waals surface area contributed by atoms with Crippen molar-refractivity contribution >= 4 is 17.0 Å². The van der Waals surface area contributed by atoms with Crippen LogP contribution in [-0.4, -0.2) is 65.8 Å². The Labute approximate surface area is 248 Å². The molecule has 10 heteroatoms. The summed E-state index contributed by atoms with van der Waals surface area (Å²) in [5, 5.41) is 32.9. The third kappa shape index (κ3) is 5.92. The number of carbonyl (C=O) groups excluding carboxylic acids is 1. The molecule has 6 rings (SSSR count). The molecule has 0 spiro atoms. The second-order valence-electron chi connectivity index (χ2n) is 10.9. The molecule has 2 aromatic carbocycles. The molecule has 2 fully saturated rings. The Morgan fingerprint density at radius 3 is 2.65 bits per heavy atom. The Morgan fingerprint density at radius 1 is 1.02 bits per heavy atom. The van der Waals surface area contributed by atoms with Crippen LogP contribution in [0, 0.1) is 11.3 Å². The Morgan fingerprint density at radius 2 is 1.86 bits per heavy atom. The molecule has 0 radical (unpaired) electrons. The smallest absolute Gasteiger partial charge is 0.251 e. The Bertz CT molecular complexity index is 1670. The highest BCUT2D eigenvalue weighted by Crippen LogP contribution is 2.38. The van der Waals surface area contributed by atoms with E-state index < -0.39 is 18.2 Å². The third-order valence-electron chi connectivity index (χ3n) is 8.15. The molecule has 3 atom stereocenters. The van der Waals surface area contributed by atoms with E-state index in [1.165, 1.54) is 7.11 Å². The fraction of sp³-hybridized carbons (Fsp3) is 0.364. The number of hydrogen-bond donors (Lipinski definition) is 3. The van der Waals surface area contributed by atoms with E-state index in [9.17, 15) is 20.3 Å². The lowest BCUT2D eigenvalue weighted by Gasteiger charge is -2.32. The minimum atomic E-state index is -1.00. The van der Waals surface area contributed by atoms with Gasteiger partial charge >= 0.3 is 0 Å². The van der Waals surface area contributed by atoms with Crippen molar-refractivity contribution in [2.45, 2.75) is 56.5 Å². The monoisotopic (exact) mass is 583 g/mol. The fourth-order valence-electron chi connectivity index (χ4n) is 5.76. The summed E-state index contributed by atoms with van der Waals surface area (Å²) in [4.78, 5) is 17.5. The summed E-state index contributed by atoms with van der Waals surface area (Å²) >= 11 is 0. The molecule has 43 heavy (non-hydrogen) atoms. The largest absolute Gasteiger partial charge is 0.496 e. The van der Waals surface area contributed by atoms with Gasteiger partial charge in [-0.3, -0.25) is 9.78 Å². The van der Waals surface area contributed by atoms with Crippen molar-refractivity contribution in [2.24, 2.45) is 0 Å². The number of nitrogens with zero attached hydrogens (tertiary/aromatic N) is 2. The molecule has 1 aliphatic heterocycles. The average molecular weight is 584 g/mol. The van der Waals surface area contributed by atoms with Crippen LogP contribution in [0.1, 0.15) is 48.0 Å². The normalized spacial score (nSPS) is 20.8. The van der Waals surface area contributed by atoms with E-state index in [4.69, 9.17) is 18.6 Å². The number of nitriles is 1. The fourth-order valence-corrected chi connectivity index (χ4v) is 5.76. The predicted molar refractivity (Wildman–Crippen MR) is 158 cm³/mol. The van der Waals surface area contributed by atoms with Crippen molar-refractivity contribution in [1.82, 2.24) is 10.3 Å². The lowest BCUT2D eigenvalue weighted by atomic mass is 9.90. The molecular formula is C33H33N3O7. The minimum absolute atomic E-state index is 0.0196. The number of aromatic nitrogens is 1. The van der Waals surface area contributed by atoms with Crippen molar-refractivity contribution in [2.75, 3.05) is 20.3 Å². The summed E-state index contributed by atoms with van der Waals surface area (Å²) in [6, 6.07) is 15.9. The first kappa shape index (κ1) is 28.7. The highest BCUT2D eigenvalue weighted by molar-refractivity contribution is 5.97. The Kier molecular flexibility index (Phi) is 8.29. The van der Waals surface area contributed by atoms with Gasteiger partial charge in [0.05, 0.1) is 49.7 Å². The maximum absolute atomic E-state index is 13.0. The van der Waals surface area contributed by atoms with Gasteiger partial charge < -0.3 is 34.2 Å². The van der Waals surface area contributed by atoms with Crippen LogP contribution in [0.3, 0.4) is 0 Å². The first-order chi connectivity index (χ1) is 20.9. The van der Waals surface area contributed by atoms with Gasteiger partial charge in [0.2, 0.25) is 0 Å². The van der Waals surface area contributed by atoms with E-state index in [0.717, 1.165) is 30.4 Å². The standard InChI is InChI=1S/C33H33N3O7/c1-40-29-16-20(33(39)36-25-3-2-4-27(37)31(25)38)5-7-24(29)30-17-26-32(43-30)23(9-12-35-26)19-6-8-28(21(15-19)18-34)42-22-10-13-41-14-11-22/h5-9,12,15-17,22,25,27,31,37-38H,2-4,10-11,13-14H2,1H3,(H,36,39)/t25?,27-,31+/m1/s1. The Hall–Kier alpha value is -4.43. The zero-order valence-electron chi connectivity index (χ0n) is 23.8. The van der Waals surface area contributed by atoms with Gasteiger partial charge in [0, 0.05) is 36.2 Å². The summed E-state index contributed by atoms with van der Waals surface area (Å²) in [6.07, 6.45) is 3.26. The molecule has 3 heterocycles. The number of rotatable bonds is 7. The number of aliphatic hydroxyl groups excluding tert-OH is 2.